The van der Waals surface area contributed by atoms with E-state index in [0.29, 0.717) is 5.69 Å². The lowest BCUT2D eigenvalue weighted by atomic mass is 10.2. The number of anilines is 1. The quantitative estimate of drug-likeness (QED) is 0.850. The van der Waals surface area contributed by atoms with Gasteiger partial charge in [-0.2, -0.15) is 0 Å². The Labute approximate surface area is 102 Å². The van der Waals surface area contributed by atoms with Crippen LogP contribution in [-0.2, 0) is 0 Å². The van der Waals surface area contributed by atoms with Crippen molar-refractivity contribution >= 4 is 17.6 Å². The summed E-state index contributed by atoms with van der Waals surface area (Å²) >= 11 is 0. The van der Waals surface area contributed by atoms with Gasteiger partial charge in [0, 0.05) is 18.1 Å². The Morgan fingerprint density at radius 1 is 1.11 bits per heavy atom. The number of rotatable bonds is 3. The van der Waals surface area contributed by atoms with Gasteiger partial charge in [0.05, 0.1) is 5.56 Å². The summed E-state index contributed by atoms with van der Waals surface area (Å²) in [5.41, 5.74) is 0.481. The minimum atomic E-state index is -1.05. The van der Waals surface area contributed by atoms with Gasteiger partial charge in [-0.1, -0.05) is 6.07 Å². The fourth-order valence-corrected chi connectivity index (χ4v) is 1.33. The molecule has 2 N–H and O–H groups in total. The lowest BCUT2D eigenvalue weighted by molar-refractivity contribution is 0.0696. The Bertz CT molecular complexity index is 584. The van der Waals surface area contributed by atoms with Gasteiger partial charge in [-0.25, -0.2) is 14.8 Å². The number of amides is 1. The molecule has 0 aliphatic heterocycles. The van der Waals surface area contributed by atoms with Crippen molar-refractivity contribution in [2.45, 2.75) is 0 Å². The number of hydrogen-bond donors (Lipinski definition) is 2. The monoisotopic (exact) mass is 243 g/mol. The van der Waals surface area contributed by atoms with E-state index in [-0.39, 0.29) is 11.4 Å². The highest BCUT2D eigenvalue weighted by Gasteiger charge is 2.09. The van der Waals surface area contributed by atoms with Crippen molar-refractivity contribution in [2.75, 3.05) is 5.32 Å². The van der Waals surface area contributed by atoms with Crippen LogP contribution in [0.1, 0.15) is 21.0 Å². The molecule has 0 aliphatic rings. The molecule has 90 valence electrons. The molecule has 0 saturated heterocycles. The summed E-state index contributed by atoms with van der Waals surface area (Å²) in [6.07, 6.45) is 2.91. The standard InChI is InChI=1S/C12H9N3O3/c16-11(10-13-5-2-6-14-10)15-9-4-1-3-8(7-9)12(17)18/h1-7H,(H,15,16)(H,17,18). The van der Waals surface area contributed by atoms with E-state index in [0.717, 1.165) is 0 Å². The van der Waals surface area contributed by atoms with Crippen molar-refractivity contribution in [1.29, 1.82) is 0 Å². The van der Waals surface area contributed by atoms with Gasteiger partial charge in [-0.05, 0) is 24.3 Å². The minimum absolute atomic E-state index is 0.0261. The maximum absolute atomic E-state index is 11.7. The highest BCUT2D eigenvalue weighted by Crippen LogP contribution is 2.11. The summed E-state index contributed by atoms with van der Waals surface area (Å²) < 4.78 is 0. The maximum atomic E-state index is 11.7. The Balaban J connectivity index is 2.17. The molecular formula is C12H9N3O3. The normalized spacial score (nSPS) is 9.78. The maximum Gasteiger partial charge on any atom is 0.335 e. The number of hydrogen-bond acceptors (Lipinski definition) is 4. The molecule has 0 radical (unpaired) electrons. The molecule has 1 aromatic carbocycles. The summed E-state index contributed by atoms with van der Waals surface area (Å²) in [7, 11) is 0. The number of aromatic nitrogens is 2. The zero-order valence-corrected chi connectivity index (χ0v) is 9.20. The Morgan fingerprint density at radius 2 is 1.83 bits per heavy atom. The third-order valence-corrected chi connectivity index (χ3v) is 2.14. The van der Waals surface area contributed by atoms with Crippen molar-refractivity contribution < 1.29 is 14.7 Å². The number of carboxylic acid groups (broad SMARTS) is 1. The first-order valence-corrected chi connectivity index (χ1v) is 5.08. The van der Waals surface area contributed by atoms with E-state index in [1.54, 1.807) is 18.2 Å². The first kappa shape index (κ1) is 11.7. The SMILES string of the molecule is O=C(O)c1cccc(NC(=O)c2ncccn2)c1. The van der Waals surface area contributed by atoms with E-state index in [9.17, 15) is 9.59 Å². The van der Waals surface area contributed by atoms with Crippen molar-refractivity contribution in [3.63, 3.8) is 0 Å². The van der Waals surface area contributed by atoms with Crippen LogP contribution in [0.4, 0.5) is 5.69 Å². The van der Waals surface area contributed by atoms with Crippen LogP contribution in [0.5, 0.6) is 0 Å². The van der Waals surface area contributed by atoms with E-state index in [4.69, 9.17) is 5.11 Å². The van der Waals surface area contributed by atoms with Crippen molar-refractivity contribution in [1.82, 2.24) is 9.97 Å². The second-order valence-electron chi connectivity index (χ2n) is 3.41. The fourth-order valence-electron chi connectivity index (χ4n) is 1.33. The van der Waals surface area contributed by atoms with Gasteiger partial charge in [0.15, 0.2) is 0 Å². The number of nitrogens with one attached hydrogen (secondary N) is 1. The molecule has 6 heteroatoms. The third-order valence-electron chi connectivity index (χ3n) is 2.14. The number of carbonyl (C=O) groups excluding carboxylic acids is 1. The van der Waals surface area contributed by atoms with Crippen LogP contribution >= 0.6 is 0 Å². The van der Waals surface area contributed by atoms with Crippen molar-refractivity contribution in [3.05, 3.63) is 54.1 Å². The molecule has 1 amide bonds. The average Bonchev–Trinajstić information content (AvgIpc) is 2.40. The van der Waals surface area contributed by atoms with Gasteiger partial charge >= 0.3 is 5.97 Å². The van der Waals surface area contributed by atoms with Crippen molar-refractivity contribution in [2.24, 2.45) is 0 Å². The summed E-state index contributed by atoms with van der Waals surface area (Å²) in [4.78, 5) is 30.1. The molecule has 0 aliphatic carbocycles. The number of carbonyl (C=O) groups is 2. The molecule has 0 bridgehead atoms. The number of carboxylic acids is 1. The van der Waals surface area contributed by atoms with E-state index < -0.39 is 11.9 Å². The fraction of sp³-hybridized carbons (Fsp3) is 0. The zero-order valence-electron chi connectivity index (χ0n) is 9.20. The molecule has 1 heterocycles. The van der Waals surface area contributed by atoms with Crippen LogP contribution in [0.25, 0.3) is 0 Å². The van der Waals surface area contributed by atoms with Crippen LogP contribution in [-0.4, -0.2) is 27.0 Å². The lowest BCUT2D eigenvalue weighted by Gasteiger charge is -2.04. The highest BCUT2D eigenvalue weighted by atomic mass is 16.4. The molecular weight excluding hydrogens is 234 g/mol. The molecule has 18 heavy (non-hydrogen) atoms. The predicted molar refractivity (Wildman–Crippen MR) is 63.4 cm³/mol. The molecule has 2 aromatic rings. The number of aromatic carboxylic acids is 1. The first-order chi connectivity index (χ1) is 8.66. The van der Waals surface area contributed by atoms with Gasteiger partial charge in [0.25, 0.3) is 5.91 Å². The highest BCUT2D eigenvalue weighted by molar-refractivity contribution is 6.02. The van der Waals surface area contributed by atoms with Crippen LogP contribution in [0.3, 0.4) is 0 Å². The first-order valence-electron chi connectivity index (χ1n) is 5.08. The van der Waals surface area contributed by atoms with E-state index in [2.05, 4.69) is 15.3 Å². The summed E-state index contributed by atoms with van der Waals surface area (Å²) in [6.45, 7) is 0. The van der Waals surface area contributed by atoms with E-state index in [1.807, 2.05) is 0 Å². The molecule has 1 aromatic heterocycles. The van der Waals surface area contributed by atoms with Crippen LogP contribution in [0.2, 0.25) is 0 Å². The minimum Gasteiger partial charge on any atom is -0.478 e. The van der Waals surface area contributed by atoms with Gasteiger partial charge < -0.3 is 10.4 Å². The topological polar surface area (TPSA) is 92.2 Å². The largest absolute Gasteiger partial charge is 0.478 e. The van der Waals surface area contributed by atoms with Gasteiger partial charge in [0.2, 0.25) is 5.82 Å². The van der Waals surface area contributed by atoms with Crippen LogP contribution < -0.4 is 5.32 Å². The molecule has 0 saturated carbocycles. The van der Waals surface area contributed by atoms with Crippen LogP contribution in [0, 0.1) is 0 Å². The van der Waals surface area contributed by atoms with Crippen LogP contribution in [0.15, 0.2) is 42.7 Å². The summed E-state index contributed by atoms with van der Waals surface area (Å²) in [6, 6.07) is 7.54. The van der Waals surface area contributed by atoms with Gasteiger partial charge in [-0.15, -0.1) is 0 Å². The predicted octanol–water partition coefficient (Wildman–Crippen LogP) is 1.43. The Hall–Kier alpha value is -2.76. The van der Waals surface area contributed by atoms with Gasteiger partial charge in [0.1, 0.15) is 0 Å². The lowest BCUT2D eigenvalue weighted by Crippen LogP contribution is -2.15. The second kappa shape index (κ2) is 5.05. The third kappa shape index (κ3) is 2.67. The number of nitrogens with zero attached hydrogens (tertiary/aromatic N) is 2. The Morgan fingerprint density at radius 3 is 2.50 bits per heavy atom. The molecule has 6 nitrogen and oxygen atoms in total. The van der Waals surface area contributed by atoms with Crippen molar-refractivity contribution in [3.8, 4) is 0 Å². The molecule has 0 fully saturated rings. The molecule has 0 unspecified atom stereocenters. The molecule has 0 spiro atoms. The summed E-state index contributed by atoms with van der Waals surface area (Å²) in [5.74, 6) is -1.52. The Kier molecular flexibility index (Phi) is 3.29. The second-order valence-corrected chi connectivity index (χ2v) is 3.41. The zero-order chi connectivity index (χ0) is 13.0. The summed E-state index contributed by atoms with van der Waals surface area (Å²) in [5, 5.41) is 11.3. The van der Waals surface area contributed by atoms with E-state index in [1.165, 1.54) is 24.5 Å². The smallest absolute Gasteiger partial charge is 0.335 e. The van der Waals surface area contributed by atoms with Gasteiger partial charge in [-0.3, -0.25) is 4.79 Å². The molecule has 2 rings (SSSR count). The number of benzene rings is 1. The average molecular weight is 243 g/mol. The molecule has 0 atom stereocenters. The van der Waals surface area contributed by atoms with E-state index >= 15 is 0 Å².